The zero-order valence-electron chi connectivity index (χ0n) is 11.9. The molecule has 0 unspecified atom stereocenters. The van der Waals surface area contributed by atoms with Crippen molar-refractivity contribution in [3.8, 4) is 0 Å². The standard InChI is InChI=1S/C14H6BrCl4FN2O3/c15-5-1-2-7(6(20)3-5)21-8(23)4-25-14(24)12-10(17)9(16)11(18)13(19)22-12/h1-3H,4H2,(H,21,23). The number of nitrogens with one attached hydrogen (secondary N) is 1. The monoisotopic (exact) mass is 488 g/mol. The molecule has 1 aromatic carbocycles. The number of rotatable bonds is 4. The minimum atomic E-state index is -1.04. The topological polar surface area (TPSA) is 68.3 Å². The molecule has 1 N–H and O–H groups in total. The number of anilines is 1. The van der Waals surface area contributed by atoms with Crippen molar-refractivity contribution in [2.45, 2.75) is 0 Å². The number of aromatic nitrogens is 1. The molecule has 132 valence electrons. The highest BCUT2D eigenvalue weighted by Crippen LogP contribution is 2.36. The summed E-state index contributed by atoms with van der Waals surface area (Å²) in [6.07, 6.45) is 0. The van der Waals surface area contributed by atoms with Gasteiger partial charge in [-0.05, 0) is 18.2 Å². The lowest BCUT2D eigenvalue weighted by Gasteiger charge is -2.09. The van der Waals surface area contributed by atoms with Gasteiger partial charge in [-0.15, -0.1) is 0 Å². The first-order chi connectivity index (χ1) is 11.7. The molecule has 0 saturated carbocycles. The number of carbonyl (C=O) groups excluding carboxylic acids is 2. The summed E-state index contributed by atoms with van der Waals surface area (Å²) in [6, 6.07) is 4.05. The Balaban J connectivity index is 2.04. The molecule has 1 aromatic heterocycles. The average Bonchev–Trinajstić information content (AvgIpc) is 2.56. The summed E-state index contributed by atoms with van der Waals surface area (Å²) in [6.45, 7) is -0.704. The van der Waals surface area contributed by atoms with Crippen LogP contribution in [0.3, 0.4) is 0 Å². The lowest BCUT2D eigenvalue weighted by molar-refractivity contribution is -0.119. The van der Waals surface area contributed by atoms with E-state index in [1.54, 1.807) is 0 Å². The molecular formula is C14H6BrCl4FN2O3. The minimum absolute atomic E-state index is 0.0713. The second kappa shape index (κ2) is 8.51. The van der Waals surface area contributed by atoms with Gasteiger partial charge in [-0.3, -0.25) is 4.79 Å². The third-order valence-corrected chi connectivity index (χ3v) is 4.89. The summed E-state index contributed by atoms with van der Waals surface area (Å²) in [5.74, 6) is -2.47. The largest absolute Gasteiger partial charge is 0.451 e. The summed E-state index contributed by atoms with van der Waals surface area (Å²) < 4.78 is 18.9. The van der Waals surface area contributed by atoms with Crippen LogP contribution in [-0.4, -0.2) is 23.5 Å². The van der Waals surface area contributed by atoms with Crippen LogP contribution in [0.5, 0.6) is 0 Å². The van der Waals surface area contributed by atoms with Crippen LogP contribution in [0.2, 0.25) is 20.2 Å². The molecule has 0 spiro atoms. The van der Waals surface area contributed by atoms with E-state index in [0.717, 1.165) is 0 Å². The van der Waals surface area contributed by atoms with Crippen LogP contribution in [-0.2, 0) is 9.53 Å². The fourth-order valence-corrected chi connectivity index (χ4v) is 2.74. The van der Waals surface area contributed by atoms with Crippen LogP contribution in [0.15, 0.2) is 22.7 Å². The first kappa shape index (κ1) is 20.2. The second-order valence-electron chi connectivity index (χ2n) is 4.44. The van der Waals surface area contributed by atoms with E-state index in [-0.39, 0.29) is 25.9 Å². The molecule has 0 radical (unpaired) electrons. The number of amides is 1. The Kier molecular flexibility index (Phi) is 6.87. The summed E-state index contributed by atoms with van der Waals surface area (Å²) in [5, 5.41) is 1.46. The first-order valence-electron chi connectivity index (χ1n) is 6.32. The van der Waals surface area contributed by atoms with Gasteiger partial charge < -0.3 is 10.1 Å². The van der Waals surface area contributed by atoms with Gasteiger partial charge in [0.25, 0.3) is 5.91 Å². The van der Waals surface area contributed by atoms with Crippen LogP contribution >= 0.6 is 62.3 Å². The average molecular weight is 491 g/mol. The van der Waals surface area contributed by atoms with Crippen LogP contribution < -0.4 is 5.32 Å². The van der Waals surface area contributed by atoms with E-state index in [1.165, 1.54) is 18.2 Å². The SMILES string of the molecule is O=C(COC(=O)c1nc(Cl)c(Cl)c(Cl)c1Cl)Nc1ccc(Br)cc1F. The summed E-state index contributed by atoms with van der Waals surface area (Å²) >= 11 is 26.2. The normalized spacial score (nSPS) is 10.5. The molecule has 25 heavy (non-hydrogen) atoms. The number of esters is 1. The highest BCUT2D eigenvalue weighted by atomic mass is 79.9. The molecule has 0 saturated heterocycles. The highest BCUT2D eigenvalue weighted by molar-refractivity contribution is 9.10. The van der Waals surface area contributed by atoms with Crippen molar-refractivity contribution in [1.29, 1.82) is 0 Å². The summed E-state index contributed by atoms with van der Waals surface area (Å²) in [5.41, 5.74) is -0.471. The van der Waals surface area contributed by atoms with E-state index >= 15 is 0 Å². The molecular weight excluding hydrogens is 485 g/mol. The predicted molar refractivity (Wildman–Crippen MR) is 97.3 cm³/mol. The highest BCUT2D eigenvalue weighted by Gasteiger charge is 2.22. The van der Waals surface area contributed by atoms with Gasteiger partial charge in [-0.2, -0.15) is 0 Å². The zero-order valence-corrected chi connectivity index (χ0v) is 16.5. The first-order valence-corrected chi connectivity index (χ1v) is 8.63. The van der Waals surface area contributed by atoms with Crippen molar-refractivity contribution in [3.05, 3.63) is 54.4 Å². The number of halogens is 6. The molecule has 0 aliphatic heterocycles. The molecule has 2 rings (SSSR count). The van der Waals surface area contributed by atoms with Crippen LogP contribution in [0, 0.1) is 5.82 Å². The minimum Gasteiger partial charge on any atom is -0.451 e. The number of nitrogens with zero attached hydrogens (tertiary/aromatic N) is 1. The van der Waals surface area contributed by atoms with E-state index in [1.807, 2.05) is 0 Å². The molecule has 11 heteroatoms. The Hall–Kier alpha value is -1.12. The summed E-state index contributed by atoms with van der Waals surface area (Å²) in [7, 11) is 0. The van der Waals surface area contributed by atoms with Crippen molar-refractivity contribution in [2.24, 2.45) is 0 Å². The van der Waals surface area contributed by atoms with Gasteiger partial charge >= 0.3 is 5.97 Å². The third kappa shape index (κ3) is 4.95. The Morgan fingerprint density at radius 2 is 1.84 bits per heavy atom. The Morgan fingerprint density at radius 3 is 2.48 bits per heavy atom. The maximum Gasteiger partial charge on any atom is 0.359 e. The van der Waals surface area contributed by atoms with E-state index in [4.69, 9.17) is 51.1 Å². The molecule has 5 nitrogen and oxygen atoms in total. The third-order valence-electron chi connectivity index (χ3n) is 2.72. The van der Waals surface area contributed by atoms with Gasteiger partial charge in [0.05, 0.1) is 20.8 Å². The van der Waals surface area contributed by atoms with Gasteiger partial charge in [-0.1, -0.05) is 62.3 Å². The number of ether oxygens (including phenoxy) is 1. The number of hydrogen-bond donors (Lipinski definition) is 1. The number of pyridine rings is 1. The second-order valence-corrected chi connectivity index (χ2v) is 6.85. The van der Waals surface area contributed by atoms with Crippen molar-refractivity contribution in [2.75, 3.05) is 11.9 Å². The molecule has 1 amide bonds. The number of carbonyl (C=O) groups is 2. The van der Waals surface area contributed by atoms with Crippen molar-refractivity contribution >= 4 is 79.9 Å². The van der Waals surface area contributed by atoms with Crippen molar-refractivity contribution < 1.29 is 18.7 Å². The van der Waals surface area contributed by atoms with Crippen LogP contribution in [0.25, 0.3) is 0 Å². The van der Waals surface area contributed by atoms with Crippen LogP contribution in [0.4, 0.5) is 10.1 Å². The molecule has 0 bridgehead atoms. The lowest BCUT2D eigenvalue weighted by Crippen LogP contribution is -2.22. The fraction of sp³-hybridized carbons (Fsp3) is 0.0714. The lowest BCUT2D eigenvalue weighted by atomic mass is 10.3. The van der Waals surface area contributed by atoms with Gasteiger partial charge in [0.15, 0.2) is 12.3 Å². The van der Waals surface area contributed by atoms with Gasteiger partial charge in [0.1, 0.15) is 11.0 Å². The van der Waals surface area contributed by atoms with Crippen molar-refractivity contribution in [3.63, 3.8) is 0 Å². The molecule has 2 aromatic rings. The fourth-order valence-electron chi connectivity index (χ4n) is 1.60. The van der Waals surface area contributed by atoms with Gasteiger partial charge in [0.2, 0.25) is 0 Å². The van der Waals surface area contributed by atoms with E-state index in [0.29, 0.717) is 4.47 Å². The van der Waals surface area contributed by atoms with Crippen LogP contribution in [0.1, 0.15) is 10.5 Å². The number of benzene rings is 1. The van der Waals surface area contributed by atoms with Gasteiger partial charge in [-0.25, -0.2) is 14.2 Å². The Labute approximate surface area is 169 Å². The van der Waals surface area contributed by atoms with Crippen molar-refractivity contribution in [1.82, 2.24) is 4.98 Å². The molecule has 0 fully saturated rings. The quantitative estimate of drug-likeness (QED) is 0.461. The van der Waals surface area contributed by atoms with Gasteiger partial charge in [0, 0.05) is 4.47 Å². The molecule has 0 aliphatic carbocycles. The molecule has 1 heterocycles. The molecule has 0 aliphatic rings. The van der Waals surface area contributed by atoms with E-state index in [9.17, 15) is 14.0 Å². The number of hydrogen-bond acceptors (Lipinski definition) is 4. The summed E-state index contributed by atoms with van der Waals surface area (Å²) in [4.78, 5) is 27.4. The Bertz CT molecular complexity index is 866. The smallest absolute Gasteiger partial charge is 0.359 e. The predicted octanol–water partition coefficient (Wildman–Crippen LogP) is 5.39. The van der Waals surface area contributed by atoms with E-state index < -0.39 is 30.0 Å². The molecule has 0 atom stereocenters. The Morgan fingerprint density at radius 1 is 1.16 bits per heavy atom. The van der Waals surface area contributed by atoms with E-state index in [2.05, 4.69) is 26.2 Å². The maximum atomic E-state index is 13.6. The zero-order chi connectivity index (χ0) is 18.7. The maximum absolute atomic E-state index is 13.6.